The molecule has 2 aliphatic rings. The second-order valence-electron chi connectivity index (χ2n) is 8.69. The summed E-state index contributed by atoms with van der Waals surface area (Å²) in [6, 6.07) is 9.62. The number of aliphatic imine (C=N–C) groups is 1. The van der Waals surface area contributed by atoms with Gasteiger partial charge in [-0.05, 0) is 50.3 Å². The molecule has 6 nitrogen and oxygen atoms in total. The molecule has 2 atom stereocenters. The monoisotopic (exact) mass is 530 g/mol. The number of ether oxygens (including phenoxy) is 1. The van der Waals surface area contributed by atoms with E-state index < -0.39 is 0 Å². The number of nitrogens with zero attached hydrogens (tertiary/aromatic N) is 2. The number of nitrogens with one attached hydrogen (secondary N) is 2. The first-order chi connectivity index (χ1) is 14.1. The molecule has 0 aromatic heterocycles. The molecule has 2 unspecified atom stereocenters. The van der Waals surface area contributed by atoms with Crippen LogP contribution in [0.25, 0.3) is 0 Å². The molecule has 3 N–H and O–H groups in total. The van der Waals surface area contributed by atoms with Gasteiger partial charge in [-0.1, -0.05) is 30.7 Å². The first-order valence-corrected chi connectivity index (χ1v) is 11.1. The van der Waals surface area contributed by atoms with Gasteiger partial charge in [0.05, 0.1) is 6.61 Å². The van der Waals surface area contributed by atoms with E-state index in [4.69, 9.17) is 4.74 Å². The maximum atomic E-state index is 9.37. The molecule has 1 aromatic carbocycles. The Kier molecular flexibility index (Phi) is 10.8. The fraction of sp³-hybridized carbons (Fsp3) is 0.696. The van der Waals surface area contributed by atoms with Gasteiger partial charge in [-0.2, -0.15) is 0 Å². The van der Waals surface area contributed by atoms with Crippen molar-refractivity contribution in [3.05, 3.63) is 35.4 Å². The predicted octanol–water partition coefficient (Wildman–Crippen LogP) is 3.13. The van der Waals surface area contributed by atoms with Crippen LogP contribution in [-0.2, 0) is 17.8 Å². The van der Waals surface area contributed by atoms with Gasteiger partial charge in [0.1, 0.15) is 0 Å². The lowest BCUT2D eigenvalue weighted by molar-refractivity contribution is 0.127. The molecule has 2 aliphatic heterocycles. The van der Waals surface area contributed by atoms with E-state index in [9.17, 15) is 5.11 Å². The molecule has 2 fully saturated rings. The molecule has 0 saturated carbocycles. The van der Waals surface area contributed by atoms with Crippen LogP contribution in [-0.4, -0.2) is 62.0 Å². The highest BCUT2D eigenvalue weighted by Crippen LogP contribution is 2.31. The van der Waals surface area contributed by atoms with Crippen molar-refractivity contribution < 1.29 is 9.84 Å². The number of aliphatic hydroxyl groups is 1. The van der Waals surface area contributed by atoms with Gasteiger partial charge in [0.2, 0.25) is 0 Å². The molecule has 0 bridgehead atoms. The minimum absolute atomic E-state index is 0. The zero-order chi connectivity index (χ0) is 20.5. The first kappa shape index (κ1) is 25.4. The van der Waals surface area contributed by atoms with Crippen LogP contribution in [0.1, 0.15) is 50.2 Å². The summed E-state index contributed by atoms with van der Waals surface area (Å²) in [4.78, 5) is 6.94. The highest BCUT2D eigenvalue weighted by atomic mass is 127. The fourth-order valence-electron chi connectivity index (χ4n) is 4.38. The van der Waals surface area contributed by atoms with Crippen molar-refractivity contribution >= 4 is 29.9 Å². The van der Waals surface area contributed by atoms with Gasteiger partial charge >= 0.3 is 0 Å². The molecule has 0 spiro atoms. The molecular formula is C23H39IN4O2. The number of likely N-dealkylation sites (tertiary alicyclic amines) is 1. The van der Waals surface area contributed by atoms with Crippen LogP contribution in [0.15, 0.2) is 29.3 Å². The fourth-order valence-corrected chi connectivity index (χ4v) is 4.38. The molecule has 7 heteroatoms. The Labute approximate surface area is 198 Å². The number of halogens is 1. The third kappa shape index (κ3) is 7.35. The molecule has 2 saturated heterocycles. The second-order valence-corrected chi connectivity index (χ2v) is 8.69. The van der Waals surface area contributed by atoms with Crippen molar-refractivity contribution in [3.63, 3.8) is 0 Å². The maximum absolute atomic E-state index is 9.37. The van der Waals surface area contributed by atoms with E-state index in [1.807, 2.05) is 0 Å². The molecule has 170 valence electrons. The number of rotatable bonds is 8. The van der Waals surface area contributed by atoms with Gasteiger partial charge in [-0.15, -0.1) is 24.0 Å². The summed E-state index contributed by atoms with van der Waals surface area (Å²) in [7, 11) is 1.79. The number of aliphatic hydroxyl groups excluding tert-OH is 1. The number of hydrogen-bond acceptors (Lipinski definition) is 4. The van der Waals surface area contributed by atoms with E-state index in [2.05, 4.69) is 51.7 Å². The molecule has 0 radical (unpaired) electrons. The smallest absolute Gasteiger partial charge is 0.191 e. The summed E-state index contributed by atoms with van der Waals surface area (Å²) in [5, 5.41) is 16.2. The van der Waals surface area contributed by atoms with Crippen LogP contribution in [0, 0.1) is 5.41 Å². The van der Waals surface area contributed by atoms with Gasteiger partial charge in [0, 0.05) is 51.4 Å². The Bertz CT molecular complexity index is 647. The van der Waals surface area contributed by atoms with Crippen LogP contribution in [0.2, 0.25) is 0 Å². The van der Waals surface area contributed by atoms with E-state index in [-0.39, 0.29) is 36.0 Å². The molecule has 3 rings (SSSR count). The van der Waals surface area contributed by atoms with Crippen molar-refractivity contribution in [2.75, 3.05) is 40.0 Å². The van der Waals surface area contributed by atoms with Crippen molar-refractivity contribution in [1.82, 2.24) is 15.5 Å². The first-order valence-electron chi connectivity index (χ1n) is 11.1. The van der Waals surface area contributed by atoms with Gasteiger partial charge in [-0.3, -0.25) is 9.89 Å². The summed E-state index contributed by atoms with van der Waals surface area (Å²) in [6.45, 7) is 7.79. The minimum Gasteiger partial charge on any atom is -0.396 e. The van der Waals surface area contributed by atoms with E-state index in [1.165, 1.54) is 36.9 Å². The normalized spacial score (nSPS) is 25.0. The van der Waals surface area contributed by atoms with Crippen molar-refractivity contribution in [2.24, 2.45) is 10.4 Å². The number of hydrogen-bond donors (Lipinski definition) is 3. The zero-order valence-electron chi connectivity index (χ0n) is 18.5. The van der Waals surface area contributed by atoms with Gasteiger partial charge in [-0.25, -0.2) is 0 Å². The van der Waals surface area contributed by atoms with E-state index in [1.54, 1.807) is 7.05 Å². The number of piperidine rings is 1. The lowest BCUT2D eigenvalue weighted by Gasteiger charge is -2.33. The van der Waals surface area contributed by atoms with E-state index in [0.29, 0.717) is 12.6 Å². The van der Waals surface area contributed by atoms with Crippen molar-refractivity contribution in [2.45, 2.75) is 58.2 Å². The SMILES string of the molecule is CN=C(NCc1ccc(CN2CCCCC2C)cc1)NCC1(CCO)CCOC1.I. The Morgan fingerprint density at radius 3 is 2.63 bits per heavy atom. The predicted molar refractivity (Wildman–Crippen MR) is 133 cm³/mol. The largest absolute Gasteiger partial charge is 0.396 e. The summed E-state index contributed by atoms with van der Waals surface area (Å²) < 4.78 is 5.57. The summed E-state index contributed by atoms with van der Waals surface area (Å²) >= 11 is 0. The Morgan fingerprint density at radius 1 is 1.23 bits per heavy atom. The quantitative estimate of drug-likeness (QED) is 0.274. The molecule has 0 aliphatic carbocycles. The summed E-state index contributed by atoms with van der Waals surface area (Å²) in [5.74, 6) is 0.792. The van der Waals surface area contributed by atoms with Crippen LogP contribution in [0.3, 0.4) is 0 Å². The summed E-state index contributed by atoms with van der Waals surface area (Å²) in [6.07, 6.45) is 5.75. The van der Waals surface area contributed by atoms with Crippen molar-refractivity contribution in [3.8, 4) is 0 Å². The highest BCUT2D eigenvalue weighted by molar-refractivity contribution is 14.0. The van der Waals surface area contributed by atoms with Gasteiger partial charge in [0.25, 0.3) is 0 Å². The standard InChI is InChI=1S/C23H38N4O2.HI/c1-19-5-3-4-12-27(19)16-21-8-6-20(7-9-21)15-25-22(24-2)26-17-23(10-13-28)11-14-29-18-23;/h6-9,19,28H,3-5,10-18H2,1-2H3,(H2,24,25,26);1H. The van der Waals surface area contributed by atoms with Crippen molar-refractivity contribution in [1.29, 1.82) is 0 Å². The minimum atomic E-state index is 0. The Balaban J connectivity index is 0.00000320. The zero-order valence-corrected chi connectivity index (χ0v) is 20.9. The number of guanidine groups is 1. The van der Waals surface area contributed by atoms with Crippen LogP contribution in [0.5, 0.6) is 0 Å². The average molecular weight is 530 g/mol. The molecular weight excluding hydrogens is 491 g/mol. The number of benzene rings is 1. The maximum Gasteiger partial charge on any atom is 0.191 e. The Hall–Kier alpha value is -0.900. The van der Waals surface area contributed by atoms with Gasteiger partial charge < -0.3 is 20.5 Å². The lowest BCUT2D eigenvalue weighted by atomic mass is 9.84. The Morgan fingerprint density at radius 2 is 2.00 bits per heavy atom. The third-order valence-electron chi connectivity index (χ3n) is 6.49. The molecule has 0 amide bonds. The van der Waals surface area contributed by atoms with E-state index >= 15 is 0 Å². The molecule has 2 heterocycles. The average Bonchev–Trinajstić information content (AvgIpc) is 3.20. The summed E-state index contributed by atoms with van der Waals surface area (Å²) in [5.41, 5.74) is 2.65. The second kappa shape index (κ2) is 12.8. The highest BCUT2D eigenvalue weighted by Gasteiger charge is 2.34. The molecule has 1 aromatic rings. The van der Waals surface area contributed by atoms with Crippen LogP contribution >= 0.6 is 24.0 Å². The third-order valence-corrected chi connectivity index (χ3v) is 6.49. The van der Waals surface area contributed by atoms with Crippen LogP contribution < -0.4 is 10.6 Å². The lowest BCUT2D eigenvalue weighted by Crippen LogP contribution is -2.44. The van der Waals surface area contributed by atoms with Crippen LogP contribution in [0.4, 0.5) is 0 Å². The topological polar surface area (TPSA) is 69.1 Å². The van der Waals surface area contributed by atoms with E-state index in [0.717, 1.165) is 45.0 Å². The molecule has 30 heavy (non-hydrogen) atoms. The van der Waals surface area contributed by atoms with Gasteiger partial charge in [0.15, 0.2) is 5.96 Å².